The highest BCUT2D eigenvalue weighted by Crippen LogP contribution is 2.26. The molecule has 35 heavy (non-hydrogen) atoms. The van der Waals surface area contributed by atoms with E-state index in [0.29, 0.717) is 5.56 Å². The van der Waals surface area contributed by atoms with Crippen LogP contribution < -0.4 is 11.2 Å². The van der Waals surface area contributed by atoms with E-state index >= 15 is 0 Å². The van der Waals surface area contributed by atoms with Crippen LogP contribution in [0.25, 0.3) is 17.1 Å². The Hall–Kier alpha value is -5.74. The van der Waals surface area contributed by atoms with Crippen molar-refractivity contribution < 1.29 is 24.4 Å². The van der Waals surface area contributed by atoms with Gasteiger partial charge in [-0.2, -0.15) is 9.78 Å². The van der Waals surface area contributed by atoms with Crippen LogP contribution in [0.2, 0.25) is 0 Å². The topological polar surface area (TPSA) is 244 Å². The normalized spacial score (nSPS) is 11.0. The first kappa shape index (κ1) is 22.5. The van der Waals surface area contributed by atoms with Gasteiger partial charge in [-0.25, -0.2) is 10.1 Å². The molecule has 0 aliphatic heterocycles. The highest BCUT2D eigenvalue weighted by atomic mass is 16.6. The number of nitrogens with zero attached hydrogens (tertiary/aromatic N) is 8. The minimum absolute atomic E-state index is 0.00630. The quantitative estimate of drug-likeness (QED) is 0.192. The number of nitro groups is 2. The number of hydrogen-bond donors (Lipinski definition) is 3. The number of nitrogens with one attached hydrogen (secondary N) is 1. The van der Waals surface area contributed by atoms with Crippen molar-refractivity contribution in [1.82, 2.24) is 30.7 Å². The van der Waals surface area contributed by atoms with E-state index in [9.17, 15) is 30.1 Å². The number of hydrogen-bond acceptors (Lipinski definition) is 13. The molecule has 0 fully saturated rings. The average molecular weight is 480 g/mol. The van der Waals surface area contributed by atoms with E-state index in [1.54, 1.807) is 0 Å². The molecule has 0 atom stereocenters. The Labute approximate surface area is 192 Å². The van der Waals surface area contributed by atoms with Gasteiger partial charge in [-0.05, 0) is 28.5 Å². The van der Waals surface area contributed by atoms with Crippen LogP contribution in [0.4, 0.5) is 17.2 Å². The van der Waals surface area contributed by atoms with Crippen molar-refractivity contribution in [2.75, 3.05) is 5.73 Å². The molecule has 4 rings (SSSR count). The lowest BCUT2D eigenvalue weighted by molar-refractivity contribution is -0.385. The van der Waals surface area contributed by atoms with Crippen molar-refractivity contribution in [3.63, 3.8) is 0 Å². The Balaban J connectivity index is 1.70. The third-order valence-corrected chi connectivity index (χ3v) is 4.52. The van der Waals surface area contributed by atoms with E-state index in [4.69, 9.17) is 5.73 Å². The first-order valence-corrected chi connectivity index (χ1v) is 9.36. The van der Waals surface area contributed by atoms with Crippen molar-refractivity contribution >= 4 is 29.3 Å². The van der Waals surface area contributed by atoms with Gasteiger partial charge in [0.2, 0.25) is 11.6 Å². The molecule has 0 saturated heterocycles. The van der Waals surface area contributed by atoms with Crippen LogP contribution in [0.15, 0.2) is 52.2 Å². The number of nitrogens with two attached hydrogens (primary N) is 1. The minimum Gasteiger partial charge on any atom is -0.507 e. The molecule has 1 amide bonds. The van der Waals surface area contributed by atoms with E-state index in [2.05, 4.69) is 35.8 Å². The van der Waals surface area contributed by atoms with Gasteiger partial charge in [-0.15, -0.1) is 5.10 Å². The smallest absolute Gasteiger partial charge is 0.292 e. The molecule has 0 unspecified atom stereocenters. The molecule has 2 heterocycles. The Morgan fingerprint density at radius 1 is 1.11 bits per heavy atom. The van der Waals surface area contributed by atoms with Gasteiger partial charge < -0.3 is 10.8 Å². The maximum atomic E-state index is 13.0. The summed E-state index contributed by atoms with van der Waals surface area (Å²) in [6.45, 7) is 0. The molecular formula is C18H12N10O7. The average Bonchev–Trinajstić information content (AvgIpc) is 3.46. The fraction of sp³-hybridized carbons (Fsp3) is 0. The Morgan fingerprint density at radius 2 is 1.80 bits per heavy atom. The number of aromatic nitrogens is 5. The molecule has 2 aromatic carbocycles. The first-order chi connectivity index (χ1) is 16.8. The van der Waals surface area contributed by atoms with Crippen LogP contribution in [0.5, 0.6) is 5.75 Å². The number of amides is 1. The number of phenols is 1. The number of carbonyl (C=O) groups excluding carboxylic acids is 1. The fourth-order valence-corrected chi connectivity index (χ4v) is 2.88. The summed E-state index contributed by atoms with van der Waals surface area (Å²) in [4.78, 5) is 33.7. The van der Waals surface area contributed by atoms with Crippen LogP contribution in [0.3, 0.4) is 0 Å². The summed E-state index contributed by atoms with van der Waals surface area (Å²) in [6, 6.07) is 8.41. The Bertz CT molecular complexity index is 1480. The molecule has 0 saturated carbocycles. The number of nitro benzene ring substituents is 2. The van der Waals surface area contributed by atoms with Crippen molar-refractivity contribution in [3.05, 3.63) is 74.0 Å². The Kier molecular flexibility index (Phi) is 5.78. The number of nitrogen functional groups attached to an aromatic ring is 1. The zero-order chi connectivity index (χ0) is 25.1. The highest BCUT2D eigenvalue weighted by molar-refractivity contribution is 5.99. The second-order valence-electron chi connectivity index (χ2n) is 6.67. The largest absolute Gasteiger partial charge is 0.507 e. The summed E-state index contributed by atoms with van der Waals surface area (Å²) < 4.78 is 5.47. The van der Waals surface area contributed by atoms with Gasteiger partial charge in [0, 0.05) is 35.4 Å². The van der Waals surface area contributed by atoms with Crippen LogP contribution in [0.1, 0.15) is 16.1 Å². The van der Waals surface area contributed by atoms with E-state index in [-0.39, 0.29) is 45.7 Å². The van der Waals surface area contributed by atoms with E-state index in [0.717, 1.165) is 29.1 Å². The maximum absolute atomic E-state index is 13.0. The summed E-state index contributed by atoms with van der Waals surface area (Å²) >= 11 is 0. The van der Waals surface area contributed by atoms with Crippen molar-refractivity contribution in [2.45, 2.75) is 0 Å². The van der Waals surface area contributed by atoms with Gasteiger partial charge in [0.1, 0.15) is 11.4 Å². The number of benzene rings is 2. The summed E-state index contributed by atoms with van der Waals surface area (Å²) in [5.74, 6) is -1.56. The van der Waals surface area contributed by atoms with Crippen LogP contribution in [-0.2, 0) is 0 Å². The second kappa shape index (κ2) is 9.02. The molecule has 176 valence electrons. The van der Waals surface area contributed by atoms with Crippen molar-refractivity contribution in [1.29, 1.82) is 0 Å². The monoisotopic (exact) mass is 480 g/mol. The number of carbonyl (C=O) groups is 1. The van der Waals surface area contributed by atoms with Crippen LogP contribution >= 0.6 is 0 Å². The number of non-ortho nitro benzene ring substituents is 2. The summed E-state index contributed by atoms with van der Waals surface area (Å²) in [7, 11) is 0. The lowest BCUT2D eigenvalue weighted by atomic mass is 10.1. The molecule has 17 nitrogen and oxygen atoms in total. The molecule has 0 aliphatic carbocycles. The number of aromatic hydroxyl groups is 1. The van der Waals surface area contributed by atoms with Gasteiger partial charge in [-0.1, -0.05) is 5.21 Å². The number of phenolic OH excluding ortho intramolecular Hbond substituents is 1. The first-order valence-electron chi connectivity index (χ1n) is 9.36. The maximum Gasteiger partial charge on any atom is 0.292 e. The third kappa shape index (κ3) is 4.44. The van der Waals surface area contributed by atoms with Gasteiger partial charge in [0.15, 0.2) is 5.69 Å². The zero-order valence-electron chi connectivity index (χ0n) is 17.2. The molecule has 17 heteroatoms. The second-order valence-corrected chi connectivity index (χ2v) is 6.67. The summed E-state index contributed by atoms with van der Waals surface area (Å²) in [5.41, 5.74) is 7.43. The lowest BCUT2D eigenvalue weighted by Crippen LogP contribution is -2.22. The lowest BCUT2D eigenvalue weighted by Gasteiger charge is -2.05. The number of anilines is 1. The predicted octanol–water partition coefficient (Wildman–Crippen LogP) is 1.19. The van der Waals surface area contributed by atoms with E-state index in [1.807, 2.05) is 0 Å². The number of hydrazone groups is 1. The molecule has 0 spiro atoms. The van der Waals surface area contributed by atoms with Crippen LogP contribution in [-0.4, -0.2) is 52.4 Å². The minimum atomic E-state index is -0.882. The molecule has 0 bridgehead atoms. The molecular weight excluding hydrogens is 468 g/mol. The summed E-state index contributed by atoms with van der Waals surface area (Å²) in [6.07, 6.45) is 0.992. The molecule has 0 aliphatic rings. The summed E-state index contributed by atoms with van der Waals surface area (Å²) in [5, 5.41) is 50.3. The zero-order valence-corrected chi connectivity index (χ0v) is 17.2. The predicted molar refractivity (Wildman–Crippen MR) is 116 cm³/mol. The van der Waals surface area contributed by atoms with Gasteiger partial charge in [-0.3, -0.25) is 25.0 Å². The van der Waals surface area contributed by atoms with E-state index < -0.39 is 15.8 Å². The molecule has 4 N–H and O–H groups in total. The van der Waals surface area contributed by atoms with Crippen molar-refractivity contribution in [2.24, 2.45) is 5.10 Å². The molecule has 2 aromatic heterocycles. The van der Waals surface area contributed by atoms with E-state index in [1.165, 1.54) is 24.3 Å². The molecule has 0 radical (unpaired) electrons. The standard InChI is InChI=1S/C18H12N10O7/c19-16-17(24-35-23-16)26-15(14(21-25-26)9-1-3-11(4-2-9)27(31)32)18(30)22-20-8-10-7-12(28(33)34)5-6-13(10)29/h1-8,29H,(H2,19,23)(H,22,30). The highest BCUT2D eigenvalue weighted by Gasteiger charge is 2.26. The van der Waals surface area contributed by atoms with Crippen LogP contribution in [0, 0.1) is 20.2 Å². The van der Waals surface area contributed by atoms with Gasteiger partial charge in [0.25, 0.3) is 17.3 Å². The van der Waals surface area contributed by atoms with Gasteiger partial charge >= 0.3 is 0 Å². The fourth-order valence-electron chi connectivity index (χ4n) is 2.88. The molecule has 4 aromatic rings. The van der Waals surface area contributed by atoms with Gasteiger partial charge in [0.05, 0.1) is 16.1 Å². The van der Waals surface area contributed by atoms with Crippen molar-refractivity contribution in [3.8, 4) is 22.8 Å². The SMILES string of the molecule is Nc1nonc1-n1nnc(-c2ccc([N+](=O)[O-])cc2)c1C(=O)NN=Cc1cc([N+](=O)[O-])ccc1O. The Morgan fingerprint density at radius 3 is 2.43 bits per heavy atom. The number of rotatable bonds is 7. The third-order valence-electron chi connectivity index (χ3n) is 4.52.